The molecular weight excluding hydrogens is 216 g/mol. The highest BCUT2D eigenvalue weighted by Gasteiger charge is 2.15. The molecule has 0 aromatic heterocycles. The van der Waals surface area contributed by atoms with Gasteiger partial charge < -0.3 is 10.2 Å². The van der Waals surface area contributed by atoms with Crippen LogP contribution in [0.2, 0.25) is 0 Å². The Morgan fingerprint density at radius 2 is 1.80 bits per heavy atom. The third-order valence-electron chi connectivity index (χ3n) is 2.06. The zero-order chi connectivity index (χ0) is 11.6. The summed E-state index contributed by atoms with van der Waals surface area (Å²) in [4.78, 5) is 22.3. The van der Waals surface area contributed by atoms with Crippen LogP contribution in [-0.2, 0) is 0 Å². The molecule has 2 N–H and O–H groups in total. The highest BCUT2D eigenvalue weighted by Crippen LogP contribution is 2.25. The average Bonchev–Trinajstić information content (AvgIpc) is 2.17. The molecule has 0 aliphatic rings. The molecule has 0 radical (unpaired) electrons. The lowest BCUT2D eigenvalue weighted by atomic mass is 10.1. The lowest BCUT2D eigenvalue weighted by Gasteiger charge is -2.07. The first-order valence-electron chi connectivity index (χ1n) is 4.12. The van der Waals surface area contributed by atoms with Crippen molar-refractivity contribution < 1.29 is 19.8 Å². The summed E-state index contributed by atoms with van der Waals surface area (Å²) in [5, 5.41) is 17.7. The molecule has 0 heterocycles. The van der Waals surface area contributed by atoms with Gasteiger partial charge >= 0.3 is 11.9 Å². The molecule has 80 valence electrons. The van der Waals surface area contributed by atoms with E-state index in [0.29, 0.717) is 10.5 Å². The first kappa shape index (κ1) is 11.6. The van der Waals surface area contributed by atoms with Crippen LogP contribution in [0.15, 0.2) is 17.0 Å². The van der Waals surface area contributed by atoms with E-state index in [4.69, 9.17) is 10.2 Å². The molecule has 0 amide bonds. The summed E-state index contributed by atoms with van der Waals surface area (Å²) in [6.07, 6.45) is 1.78. The second kappa shape index (κ2) is 4.35. The van der Waals surface area contributed by atoms with E-state index in [1.807, 2.05) is 0 Å². The van der Waals surface area contributed by atoms with E-state index < -0.39 is 11.9 Å². The fourth-order valence-corrected chi connectivity index (χ4v) is 1.91. The number of carboxylic acid groups (broad SMARTS) is 2. The lowest BCUT2D eigenvalue weighted by molar-refractivity contribution is 0.0695. The first-order valence-corrected chi connectivity index (χ1v) is 5.35. The number of carboxylic acids is 2. The maximum atomic E-state index is 10.9. The Balaban J connectivity index is 3.45. The second-order valence-electron chi connectivity index (χ2n) is 2.96. The third-order valence-corrected chi connectivity index (χ3v) is 2.92. The van der Waals surface area contributed by atoms with Crippen LogP contribution in [0.4, 0.5) is 0 Å². The fourth-order valence-electron chi connectivity index (χ4n) is 1.25. The fraction of sp³-hybridized carbons (Fsp3) is 0.200. The van der Waals surface area contributed by atoms with Crippen LogP contribution in [0.3, 0.4) is 0 Å². The molecule has 15 heavy (non-hydrogen) atoms. The maximum absolute atomic E-state index is 10.9. The average molecular weight is 226 g/mol. The van der Waals surface area contributed by atoms with Gasteiger partial charge in [-0.2, -0.15) is 0 Å². The predicted molar refractivity (Wildman–Crippen MR) is 56.9 cm³/mol. The van der Waals surface area contributed by atoms with E-state index >= 15 is 0 Å². The first-order chi connectivity index (χ1) is 6.97. The van der Waals surface area contributed by atoms with E-state index in [1.165, 1.54) is 23.9 Å². The van der Waals surface area contributed by atoms with Crippen molar-refractivity contribution in [3.63, 3.8) is 0 Å². The van der Waals surface area contributed by atoms with Crippen molar-refractivity contribution >= 4 is 23.7 Å². The van der Waals surface area contributed by atoms with Crippen LogP contribution in [0.1, 0.15) is 26.3 Å². The molecule has 0 saturated heterocycles. The molecule has 0 atom stereocenters. The van der Waals surface area contributed by atoms with Crippen LogP contribution in [-0.4, -0.2) is 28.4 Å². The highest BCUT2D eigenvalue weighted by molar-refractivity contribution is 7.98. The van der Waals surface area contributed by atoms with Crippen LogP contribution >= 0.6 is 11.8 Å². The number of aromatic carboxylic acids is 2. The Kier molecular flexibility index (Phi) is 3.36. The highest BCUT2D eigenvalue weighted by atomic mass is 32.2. The number of hydrogen-bond donors (Lipinski definition) is 2. The van der Waals surface area contributed by atoms with Gasteiger partial charge in [0, 0.05) is 4.90 Å². The van der Waals surface area contributed by atoms with E-state index in [2.05, 4.69) is 0 Å². The van der Waals surface area contributed by atoms with Crippen molar-refractivity contribution in [1.82, 2.24) is 0 Å². The zero-order valence-electron chi connectivity index (χ0n) is 8.27. The van der Waals surface area contributed by atoms with Gasteiger partial charge in [0.1, 0.15) is 0 Å². The van der Waals surface area contributed by atoms with Gasteiger partial charge in [-0.05, 0) is 30.9 Å². The number of carbonyl (C=O) groups is 2. The second-order valence-corrected chi connectivity index (χ2v) is 3.81. The Hall–Kier alpha value is -1.49. The normalized spacial score (nSPS) is 10.0. The summed E-state index contributed by atoms with van der Waals surface area (Å²) in [5.74, 6) is -2.22. The Labute approximate surface area is 90.9 Å². The van der Waals surface area contributed by atoms with E-state index in [0.717, 1.165) is 0 Å². The Bertz CT molecular complexity index is 426. The molecule has 1 aromatic carbocycles. The molecule has 1 rings (SSSR count). The van der Waals surface area contributed by atoms with Crippen molar-refractivity contribution in [2.45, 2.75) is 11.8 Å². The Morgan fingerprint density at radius 1 is 1.20 bits per heavy atom. The molecular formula is C10H10O4S. The number of rotatable bonds is 3. The van der Waals surface area contributed by atoms with Crippen LogP contribution in [0.25, 0.3) is 0 Å². The van der Waals surface area contributed by atoms with Gasteiger partial charge in [-0.1, -0.05) is 0 Å². The van der Waals surface area contributed by atoms with Crippen molar-refractivity contribution in [3.8, 4) is 0 Å². The Morgan fingerprint density at radius 3 is 2.20 bits per heavy atom. The monoisotopic (exact) mass is 226 g/mol. The van der Waals surface area contributed by atoms with Crippen molar-refractivity contribution in [1.29, 1.82) is 0 Å². The summed E-state index contributed by atoms with van der Waals surface area (Å²) in [6.45, 7) is 1.67. The molecule has 1 aromatic rings. The van der Waals surface area contributed by atoms with Crippen LogP contribution in [0.5, 0.6) is 0 Å². The lowest BCUT2D eigenvalue weighted by Crippen LogP contribution is -2.05. The third kappa shape index (κ3) is 2.30. The predicted octanol–water partition coefficient (Wildman–Crippen LogP) is 2.11. The summed E-state index contributed by atoms with van der Waals surface area (Å²) < 4.78 is 0. The molecule has 0 fully saturated rings. The number of thioether (sulfide) groups is 1. The minimum Gasteiger partial charge on any atom is -0.478 e. The molecule has 0 bridgehead atoms. The quantitative estimate of drug-likeness (QED) is 0.772. The topological polar surface area (TPSA) is 74.6 Å². The number of benzene rings is 1. The van der Waals surface area contributed by atoms with Gasteiger partial charge in [-0.15, -0.1) is 11.8 Å². The summed E-state index contributed by atoms with van der Waals surface area (Å²) in [6, 6.07) is 2.66. The van der Waals surface area contributed by atoms with Gasteiger partial charge in [0.2, 0.25) is 0 Å². The van der Waals surface area contributed by atoms with Gasteiger partial charge in [0.15, 0.2) is 0 Å². The molecule has 4 nitrogen and oxygen atoms in total. The van der Waals surface area contributed by atoms with E-state index in [1.54, 1.807) is 13.2 Å². The van der Waals surface area contributed by atoms with Crippen molar-refractivity contribution in [3.05, 3.63) is 28.8 Å². The zero-order valence-corrected chi connectivity index (χ0v) is 9.09. The largest absolute Gasteiger partial charge is 0.478 e. The molecule has 0 spiro atoms. The molecule has 0 aliphatic heterocycles. The summed E-state index contributed by atoms with van der Waals surface area (Å²) in [7, 11) is 0. The summed E-state index contributed by atoms with van der Waals surface area (Å²) >= 11 is 1.33. The van der Waals surface area contributed by atoms with E-state index in [-0.39, 0.29) is 11.1 Å². The smallest absolute Gasteiger partial charge is 0.336 e. The standard InChI is InChI=1S/C10H10O4S/c1-5-7(10(13)14)3-6(9(11)12)4-8(5)15-2/h3-4H,1-2H3,(H,11,12)(H,13,14). The summed E-state index contributed by atoms with van der Waals surface area (Å²) in [5.41, 5.74) is 0.640. The van der Waals surface area contributed by atoms with Crippen LogP contribution < -0.4 is 0 Å². The molecule has 5 heteroatoms. The van der Waals surface area contributed by atoms with Gasteiger partial charge in [0.05, 0.1) is 11.1 Å². The van der Waals surface area contributed by atoms with Crippen molar-refractivity contribution in [2.75, 3.05) is 6.26 Å². The minimum absolute atomic E-state index is 0.00218. The molecule has 0 aliphatic carbocycles. The number of hydrogen-bond acceptors (Lipinski definition) is 3. The molecule has 0 unspecified atom stereocenters. The molecule has 0 saturated carbocycles. The van der Waals surface area contributed by atoms with Gasteiger partial charge in [-0.3, -0.25) is 0 Å². The minimum atomic E-state index is -1.12. The van der Waals surface area contributed by atoms with Gasteiger partial charge in [0.25, 0.3) is 0 Å². The maximum Gasteiger partial charge on any atom is 0.336 e. The van der Waals surface area contributed by atoms with E-state index in [9.17, 15) is 9.59 Å². The van der Waals surface area contributed by atoms with Crippen LogP contribution in [0, 0.1) is 6.92 Å². The van der Waals surface area contributed by atoms with Crippen molar-refractivity contribution in [2.24, 2.45) is 0 Å². The SMILES string of the molecule is CSc1cc(C(=O)O)cc(C(=O)O)c1C. The van der Waals surface area contributed by atoms with Gasteiger partial charge in [-0.25, -0.2) is 9.59 Å².